The van der Waals surface area contributed by atoms with Gasteiger partial charge in [0.25, 0.3) is 5.69 Å². The predicted octanol–water partition coefficient (Wildman–Crippen LogP) is 2.89. The highest BCUT2D eigenvalue weighted by Gasteiger charge is 2.15. The van der Waals surface area contributed by atoms with Crippen LogP contribution in [0.25, 0.3) is 0 Å². The number of nitro groups is 1. The summed E-state index contributed by atoms with van der Waals surface area (Å²) in [7, 11) is 0. The summed E-state index contributed by atoms with van der Waals surface area (Å²) < 4.78 is 0. The second kappa shape index (κ2) is 6.14. The molecule has 18 heavy (non-hydrogen) atoms. The van der Waals surface area contributed by atoms with E-state index in [4.69, 9.17) is 0 Å². The largest absolute Gasteiger partial charge is 0.371 e. The molecule has 0 aliphatic rings. The first-order valence-corrected chi connectivity index (χ1v) is 5.98. The van der Waals surface area contributed by atoms with E-state index in [-0.39, 0.29) is 5.69 Å². The number of nitrogens with zero attached hydrogens (tertiary/aromatic N) is 2. The highest BCUT2D eigenvalue weighted by molar-refractivity contribution is 5.86. The van der Waals surface area contributed by atoms with Crippen LogP contribution >= 0.6 is 0 Å². The molecular formula is C13H18N2O3. The zero-order valence-corrected chi connectivity index (χ0v) is 10.9. The molecule has 5 nitrogen and oxygen atoms in total. The van der Waals surface area contributed by atoms with Crippen LogP contribution in [0.1, 0.15) is 31.1 Å². The van der Waals surface area contributed by atoms with E-state index in [1.807, 2.05) is 6.92 Å². The smallest absolute Gasteiger partial charge is 0.270 e. The van der Waals surface area contributed by atoms with Crippen molar-refractivity contribution in [1.82, 2.24) is 0 Å². The summed E-state index contributed by atoms with van der Waals surface area (Å²) in [5, 5.41) is 10.7. The van der Waals surface area contributed by atoms with Crippen LogP contribution in [0.5, 0.6) is 0 Å². The molecule has 0 fully saturated rings. The van der Waals surface area contributed by atoms with Crippen LogP contribution in [0.15, 0.2) is 18.2 Å². The van der Waals surface area contributed by atoms with Crippen molar-refractivity contribution in [2.24, 2.45) is 5.92 Å². The summed E-state index contributed by atoms with van der Waals surface area (Å²) >= 11 is 0. The van der Waals surface area contributed by atoms with Gasteiger partial charge in [-0.2, -0.15) is 0 Å². The van der Waals surface area contributed by atoms with Crippen molar-refractivity contribution in [1.29, 1.82) is 0 Å². The summed E-state index contributed by atoms with van der Waals surface area (Å²) in [5.74, 6) is 0.458. The number of carbonyl (C=O) groups excluding carboxylic acids is 1. The lowest BCUT2D eigenvalue weighted by Crippen LogP contribution is -2.28. The molecule has 0 heterocycles. The second-order valence-electron chi connectivity index (χ2n) is 4.55. The zero-order valence-electron chi connectivity index (χ0n) is 10.9. The molecule has 0 unspecified atom stereocenters. The van der Waals surface area contributed by atoms with Gasteiger partial charge in [-0.15, -0.1) is 0 Å². The number of benzene rings is 1. The fourth-order valence-electron chi connectivity index (χ4n) is 1.88. The molecule has 0 bridgehead atoms. The van der Waals surface area contributed by atoms with Crippen molar-refractivity contribution in [3.05, 3.63) is 33.9 Å². The van der Waals surface area contributed by atoms with Crippen LogP contribution in [-0.4, -0.2) is 24.3 Å². The number of carbonyl (C=O) groups is 1. The van der Waals surface area contributed by atoms with Crippen LogP contribution in [0.4, 0.5) is 11.4 Å². The number of nitro benzene ring substituents is 1. The minimum atomic E-state index is -0.491. The topological polar surface area (TPSA) is 63.4 Å². The molecule has 98 valence electrons. The molecule has 0 N–H and O–H groups in total. The predicted molar refractivity (Wildman–Crippen MR) is 71.2 cm³/mol. The third-order valence-electron chi connectivity index (χ3n) is 2.66. The Balaban J connectivity index is 3.14. The molecular weight excluding hydrogens is 232 g/mol. The van der Waals surface area contributed by atoms with Gasteiger partial charge in [0, 0.05) is 36.5 Å². The van der Waals surface area contributed by atoms with Gasteiger partial charge in [-0.3, -0.25) is 14.9 Å². The third kappa shape index (κ3) is 3.29. The summed E-state index contributed by atoms with van der Waals surface area (Å²) in [5.41, 5.74) is 1.07. The van der Waals surface area contributed by atoms with E-state index in [1.165, 1.54) is 12.1 Å². The fraction of sp³-hybridized carbons (Fsp3) is 0.462. The Morgan fingerprint density at radius 1 is 1.44 bits per heavy atom. The highest BCUT2D eigenvalue weighted by atomic mass is 16.6. The van der Waals surface area contributed by atoms with E-state index in [0.29, 0.717) is 17.8 Å². The average Bonchev–Trinajstić information content (AvgIpc) is 2.34. The summed E-state index contributed by atoms with van der Waals surface area (Å²) in [6.07, 6.45) is 0.672. The zero-order chi connectivity index (χ0) is 13.7. The fourth-order valence-corrected chi connectivity index (χ4v) is 1.88. The first-order valence-electron chi connectivity index (χ1n) is 5.98. The van der Waals surface area contributed by atoms with Gasteiger partial charge in [-0.25, -0.2) is 0 Å². The number of hydrogen-bond donors (Lipinski definition) is 0. The maximum Gasteiger partial charge on any atom is 0.270 e. The van der Waals surface area contributed by atoms with E-state index in [2.05, 4.69) is 18.7 Å². The molecule has 0 amide bonds. The molecule has 0 aliphatic heterocycles. The van der Waals surface area contributed by atoms with Crippen LogP contribution in [0.3, 0.4) is 0 Å². The Labute approximate surface area is 107 Å². The van der Waals surface area contributed by atoms with Gasteiger partial charge in [0.2, 0.25) is 0 Å². The molecule has 0 saturated heterocycles. The Hall–Kier alpha value is -1.91. The lowest BCUT2D eigenvalue weighted by molar-refractivity contribution is -0.384. The minimum absolute atomic E-state index is 0.0542. The first-order chi connectivity index (χ1) is 8.49. The lowest BCUT2D eigenvalue weighted by Gasteiger charge is -2.26. The van der Waals surface area contributed by atoms with Gasteiger partial charge in [0.05, 0.1) is 4.92 Å². The van der Waals surface area contributed by atoms with Crippen molar-refractivity contribution in [2.45, 2.75) is 20.8 Å². The monoisotopic (exact) mass is 250 g/mol. The van der Waals surface area contributed by atoms with Gasteiger partial charge in [-0.1, -0.05) is 13.8 Å². The van der Waals surface area contributed by atoms with Crippen molar-refractivity contribution < 1.29 is 9.72 Å². The molecule has 0 aromatic heterocycles. The Morgan fingerprint density at radius 3 is 2.56 bits per heavy atom. The second-order valence-corrected chi connectivity index (χ2v) is 4.55. The molecule has 0 aliphatic carbocycles. The molecule has 0 saturated carbocycles. The molecule has 0 atom stereocenters. The standard InChI is InChI=1S/C13H18N2O3/c1-4-14(8-10(2)3)13-6-5-12(15(17)18)7-11(13)9-16/h5-7,9-10H,4,8H2,1-3H3. The maximum atomic E-state index is 11.1. The van der Waals surface area contributed by atoms with E-state index < -0.39 is 4.92 Å². The summed E-state index contributed by atoms with van der Waals surface area (Å²) in [6, 6.07) is 4.41. The van der Waals surface area contributed by atoms with Crippen LogP contribution in [0, 0.1) is 16.0 Å². The molecule has 5 heteroatoms. The van der Waals surface area contributed by atoms with Gasteiger partial charge in [0.1, 0.15) is 0 Å². The maximum absolute atomic E-state index is 11.1. The van der Waals surface area contributed by atoms with E-state index in [9.17, 15) is 14.9 Å². The molecule has 0 radical (unpaired) electrons. The minimum Gasteiger partial charge on any atom is -0.371 e. The Kier molecular flexibility index (Phi) is 4.83. The molecule has 1 aromatic carbocycles. The SMILES string of the molecule is CCN(CC(C)C)c1ccc([N+](=O)[O-])cc1C=O. The van der Waals surface area contributed by atoms with Gasteiger partial charge < -0.3 is 4.90 Å². The number of anilines is 1. The number of rotatable bonds is 6. The Morgan fingerprint density at radius 2 is 2.11 bits per heavy atom. The quantitative estimate of drug-likeness (QED) is 0.442. The number of hydrogen-bond acceptors (Lipinski definition) is 4. The van der Waals surface area contributed by atoms with Gasteiger partial charge >= 0.3 is 0 Å². The van der Waals surface area contributed by atoms with E-state index >= 15 is 0 Å². The molecule has 1 rings (SSSR count). The average molecular weight is 250 g/mol. The van der Waals surface area contributed by atoms with Gasteiger partial charge in [0.15, 0.2) is 6.29 Å². The summed E-state index contributed by atoms with van der Waals surface area (Å²) in [6.45, 7) is 7.76. The summed E-state index contributed by atoms with van der Waals surface area (Å²) in [4.78, 5) is 23.3. The number of non-ortho nitro benzene ring substituents is 1. The third-order valence-corrected chi connectivity index (χ3v) is 2.66. The van der Waals surface area contributed by atoms with Crippen LogP contribution < -0.4 is 4.90 Å². The van der Waals surface area contributed by atoms with Crippen LogP contribution in [0.2, 0.25) is 0 Å². The van der Waals surface area contributed by atoms with Crippen molar-refractivity contribution in [3.63, 3.8) is 0 Å². The molecule has 0 spiro atoms. The number of aldehydes is 1. The Bertz CT molecular complexity index is 444. The van der Waals surface area contributed by atoms with Crippen LogP contribution in [-0.2, 0) is 0 Å². The van der Waals surface area contributed by atoms with E-state index in [1.54, 1.807) is 6.07 Å². The van der Waals surface area contributed by atoms with Crippen molar-refractivity contribution in [2.75, 3.05) is 18.0 Å². The normalized spacial score (nSPS) is 10.4. The van der Waals surface area contributed by atoms with Crippen molar-refractivity contribution >= 4 is 17.7 Å². The van der Waals surface area contributed by atoms with Gasteiger partial charge in [-0.05, 0) is 18.9 Å². The first kappa shape index (κ1) is 14.2. The lowest BCUT2D eigenvalue weighted by atomic mass is 10.1. The highest BCUT2D eigenvalue weighted by Crippen LogP contribution is 2.24. The van der Waals surface area contributed by atoms with E-state index in [0.717, 1.165) is 18.8 Å². The molecule has 1 aromatic rings. The van der Waals surface area contributed by atoms with Crippen molar-refractivity contribution in [3.8, 4) is 0 Å².